The molecule has 16 heavy (non-hydrogen) atoms. The second kappa shape index (κ2) is 2.85. The first-order valence-corrected chi connectivity index (χ1v) is 5.48. The molecular formula is C11H13NO4. The third kappa shape index (κ3) is 0.942. The third-order valence-electron chi connectivity index (χ3n) is 3.85. The van der Waals surface area contributed by atoms with Gasteiger partial charge in [0, 0.05) is 6.54 Å². The molecule has 1 amide bonds. The van der Waals surface area contributed by atoms with Crippen molar-refractivity contribution in [2.75, 3.05) is 13.1 Å². The molecule has 0 aromatic rings. The Labute approximate surface area is 92.7 Å². The number of carbonyl (C=O) groups excluding carboxylic acids is 1. The molecule has 0 aromatic carbocycles. The fourth-order valence-corrected chi connectivity index (χ4v) is 3.13. The summed E-state index contributed by atoms with van der Waals surface area (Å²) in [6.45, 7) is 2.98. The van der Waals surface area contributed by atoms with Crippen molar-refractivity contribution >= 4 is 11.9 Å². The minimum atomic E-state index is -0.937. The number of rotatable bonds is 2. The molecule has 5 nitrogen and oxygen atoms in total. The summed E-state index contributed by atoms with van der Waals surface area (Å²) in [6, 6.07) is 0. The van der Waals surface area contributed by atoms with E-state index in [9.17, 15) is 14.7 Å². The van der Waals surface area contributed by atoms with Gasteiger partial charge in [0.1, 0.15) is 11.5 Å². The van der Waals surface area contributed by atoms with Gasteiger partial charge >= 0.3 is 5.97 Å². The van der Waals surface area contributed by atoms with Crippen LogP contribution in [0.1, 0.15) is 6.92 Å². The van der Waals surface area contributed by atoms with Crippen LogP contribution in [0.4, 0.5) is 0 Å². The fourth-order valence-electron chi connectivity index (χ4n) is 3.13. The maximum absolute atomic E-state index is 12.1. The summed E-state index contributed by atoms with van der Waals surface area (Å²) in [5, 5.41) is 9.17. The Morgan fingerprint density at radius 3 is 3.12 bits per heavy atom. The highest BCUT2D eigenvalue weighted by atomic mass is 16.5. The zero-order valence-corrected chi connectivity index (χ0v) is 8.92. The van der Waals surface area contributed by atoms with Crippen molar-refractivity contribution in [3.63, 3.8) is 0 Å². The first-order chi connectivity index (χ1) is 7.59. The number of fused-ring (bicyclic) bond motifs is 1. The zero-order chi connectivity index (χ0) is 11.5. The van der Waals surface area contributed by atoms with Crippen LogP contribution in [0.3, 0.4) is 0 Å². The minimum absolute atomic E-state index is 0.0817. The predicted octanol–water partition coefficient (Wildman–Crippen LogP) is -0.127. The van der Waals surface area contributed by atoms with Gasteiger partial charge in [0.2, 0.25) is 5.91 Å². The van der Waals surface area contributed by atoms with Gasteiger partial charge in [-0.2, -0.15) is 0 Å². The number of hydrogen-bond acceptors (Lipinski definition) is 3. The van der Waals surface area contributed by atoms with E-state index in [1.807, 2.05) is 13.0 Å². The Morgan fingerprint density at radius 2 is 2.50 bits per heavy atom. The molecule has 2 fully saturated rings. The van der Waals surface area contributed by atoms with Gasteiger partial charge in [-0.25, -0.2) is 0 Å². The van der Waals surface area contributed by atoms with E-state index in [4.69, 9.17) is 4.74 Å². The maximum atomic E-state index is 12.1. The molecule has 0 aromatic heterocycles. The molecule has 0 aliphatic carbocycles. The number of carbonyl (C=O) groups is 2. The summed E-state index contributed by atoms with van der Waals surface area (Å²) in [5.41, 5.74) is -0.666. The average Bonchev–Trinajstić information content (AvgIpc) is 2.86. The Bertz CT molecular complexity index is 405. The molecule has 3 aliphatic rings. The van der Waals surface area contributed by atoms with Gasteiger partial charge < -0.3 is 14.7 Å². The smallest absolute Gasteiger partial charge is 0.310 e. The molecule has 1 spiro atoms. The normalized spacial score (nSPS) is 44.2. The molecule has 86 valence electrons. The van der Waals surface area contributed by atoms with Crippen LogP contribution >= 0.6 is 0 Å². The molecule has 3 aliphatic heterocycles. The maximum Gasteiger partial charge on any atom is 0.310 e. The Balaban J connectivity index is 2.03. The number of nitrogens with zero attached hydrogens (tertiary/aromatic N) is 1. The van der Waals surface area contributed by atoms with E-state index >= 15 is 0 Å². The average molecular weight is 223 g/mol. The highest BCUT2D eigenvalue weighted by Crippen LogP contribution is 2.51. The van der Waals surface area contributed by atoms with Crippen LogP contribution in [0, 0.1) is 11.8 Å². The van der Waals surface area contributed by atoms with Gasteiger partial charge in [-0.1, -0.05) is 12.2 Å². The van der Waals surface area contributed by atoms with Crippen LogP contribution in [-0.4, -0.2) is 46.7 Å². The lowest BCUT2D eigenvalue weighted by molar-refractivity contribution is -0.148. The number of hydrogen-bond donors (Lipinski definition) is 1. The molecular weight excluding hydrogens is 210 g/mol. The van der Waals surface area contributed by atoms with Gasteiger partial charge in [0.25, 0.3) is 0 Å². The van der Waals surface area contributed by atoms with Gasteiger partial charge in [-0.05, 0) is 6.92 Å². The molecule has 2 bridgehead atoms. The van der Waals surface area contributed by atoms with Gasteiger partial charge in [0.15, 0.2) is 0 Å². The number of aliphatic carboxylic acids is 1. The van der Waals surface area contributed by atoms with Crippen molar-refractivity contribution in [1.82, 2.24) is 4.90 Å². The quantitative estimate of drug-likeness (QED) is 0.662. The van der Waals surface area contributed by atoms with Gasteiger partial charge in [-0.3, -0.25) is 9.59 Å². The summed E-state index contributed by atoms with van der Waals surface area (Å²) in [4.78, 5) is 24.9. The second-order valence-corrected chi connectivity index (χ2v) is 4.59. The van der Waals surface area contributed by atoms with E-state index in [1.165, 1.54) is 0 Å². The van der Waals surface area contributed by atoms with Crippen LogP contribution in [0.5, 0.6) is 0 Å². The number of carboxylic acids is 1. The van der Waals surface area contributed by atoms with E-state index in [0.29, 0.717) is 13.1 Å². The van der Waals surface area contributed by atoms with Crippen LogP contribution in [0.25, 0.3) is 0 Å². The molecule has 0 radical (unpaired) electrons. The van der Waals surface area contributed by atoms with E-state index in [0.717, 1.165) is 0 Å². The molecule has 5 heteroatoms. The Kier molecular flexibility index (Phi) is 1.75. The second-order valence-electron chi connectivity index (χ2n) is 4.59. The summed E-state index contributed by atoms with van der Waals surface area (Å²) in [5.74, 6) is -2.26. The summed E-state index contributed by atoms with van der Waals surface area (Å²) < 4.78 is 5.71. The van der Waals surface area contributed by atoms with E-state index in [1.54, 1.807) is 11.0 Å². The molecule has 3 rings (SSSR count). The number of likely N-dealkylation sites (N-methyl/N-ethyl adjacent to an activating group) is 1. The lowest BCUT2D eigenvalue weighted by Gasteiger charge is -2.21. The Morgan fingerprint density at radius 1 is 1.75 bits per heavy atom. The van der Waals surface area contributed by atoms with Crippen molar-refractivity contribution < 1.29 is 19.4 Å². The number of likely N-dealkylation sites (tertiary alicyclic amines) is 1. The van der Waals surface area contributed by atoms with Crippen molar-refractivity contribution in [2.24, 2.45) is 11.8 Å². The summed E-state index contributed by atoms with van der Waals surface area (Å²) in [7, 11) is 0. The first kappa shape index (κ1) is 9.84. The third-order valence-corrected chi connectivity index (χ3v) is 3.85. The Hall–Kier alpha value is -1.36. The monoisotopic (exact) mass is 223 g/mol. The van der Waals surface area contributed by atoms with E-state index in [2.05, 4.69) is 0 Å². The molecule has 4 atom stereocenters. The van der Waals surface area contributed by atoms with Crippen molar-refractivity contribution in [1.29, 1.82) is 0 Å². The minimum Gasteiger partial charge on any atom is -0.481 e. The van der Waals surface area contributed by atoms with Crippen LogP contribution < -0.4 is 0 Å². The largest absolute Gasteiger partial charge is 0.481 e. The summed E-state index contributed by atoms with van der Waals surface area (Å²) >= 11 is 0. The molecule has 1 N–H and O–H groups in total. The topological polar surface area (TPSA) is 66.8 Å². The fraction of sp³-hybridized carbons (Fsp3) is 0.636. The van der Waals surface area contributed by atoms with E-state index in [-0.39, 0.29) is 5.91 Å². The van der Waals surface area contributed by atoms with Crippen molar-refractivity contribution in [3.8, 4) is 0 Å². The SMILES string of the molecule is CCN1C[C@@]23C=C[C@@H](O2)C(C(=O)O)C3C1=O. The van der Waals surface area contributed by atoms with E-state index < -0.39 is 29.5 Å². The predicted molar refractivity (Wildman–Crippen MR) is 53.6 cm³/mol. The zero-order valence-electron chi connectivity index (χ0n) is 8.92. The number of ether oxygens (including phenoxy) is 1. The number of carboxylic acid groups (broad SMARTS) is 1. The van der Waals surface area contributed by atoms with Gasteiger partial charge in [-0.15, -0.1) is 0 Å². The van der Waals surface area contributed by atoms with Gasteiger partial charge in [0.05, 0.1) is 18.6 Å². The van der Waals surface area contributed by atoms with Crippen molar-refractivity contribution in [3.05, 3.63) is 12.2 Å². The molecule has 2 unspecified atom stereocenters. The van der Waals surface area contributed by atoms with Crippen LogP contribution in [-0.2, 0) is 14.3 Å². The number of amides is 1. The van der Waals surface area contributed by atoms with Crippen LogP contribution in [0.2, 0.25) is 0 Å². The highest BCUT2D eigenvalue weighted by Gasteiger charge is 2.66. The first-order valence-electron chi connectivity index (χ1n) is 5.48. The molecule has 0 saturated carbocycles. The summed E-state index contributed by atoms with van der Waals surface area (Å²) in [6.07, 6.45) is 3.22. The highest BCUT2D eigenvalue weighted by molar-refractivity contribution is 5.90. The molecule has 3 heterocycles. The lowest BCUT2D eigenvalue weighted by atomic mass is 9.77. The van der Waals surface area contributed by atoms with Crippen LogP contribution in [0.15, 0.2) is 12.2 Å². The molecule has 2 saturated heterocycles. The lowest BCUT2D eigenvalue weighted by Crippen LogP contribution is -2.39. The van der Waals surface area contributed by atoms with Crippen molar-refractivity contribution in [2.45, 2.75) is 18.6 Å². The standard InChI is InChI=1S/C11H13NO4/c1-2-12-5-11-4-3-6(16-11)7(10(14)15)8(11)9(12)13/h3-4,6-8H,2,5H2,1H3,(H,14,15)/t6-,7?,8?,11-/m1/s1.